The van der Waals surface area contributed by atoms with Crippen LogP contribution in [0.3, 0.4) is 0 Å². The molecule has 5 heteroatoms. The number of nitrogens with zero attached hydrogens (tertiary/aromatic N) is 1. The van der Waals surface area contributed by atoms with Crippen molar-refractivity contribution in [2.75, 3.05) is 19.6 Å². The lowest BCUT2D eigenvalue weighted by molar-refractivity contribution is -0.133. The lowest BCUT2D eigenvalue weighted by Gasteiger charge is -2.30. The van der Waals surface area contributed by atoms with Crippen molar-refractivity contribution < 1.29 is 15.0 Å². The van der Waals surface area contributed by atoms with E-state index in [9.17, 15) is 15.0 Å². The summed E-state index contributed by atoms with van der Waals surface area (Å²) in [5.74, 6) is 0.579. The zero-order valence-corrected chi connectivity index (χ0v) is 9.59. The van der Waals surface area contributed by atoms with Gasteiger partial charge in [0.05, 0.1) is 18.2 Å². The highest BCUT2D eigenvalue weighted by Crippen LogP contribution is 2.19. The van der Waals surface area contributed by atoms with Crippen LogP contribution in [-0.4, -0.2) is 58.9 Å². The minimum Gasteiger partial charge on any atom is -0.388 e. The number of likely N-dealkylation sites (tertiary alicyclic amines) is 1. The van der Waals surface area contributed by atoms with E-state index >= 15 is 0 Å². The second-order valence-electron chi connectivity index (χ2n) is 5.01. The fraction of sp³-hybridized carbons (Fsp3) is 0.909. The fourth-order valence-electron chi connectivity index (χ4n) is 2.47. The van der Waals surface area contributed by atoms with Crippen molar-refractivity contribution in [1.29, 1.82) is 0 Å². The zero-order valence-electron chi connectivity index (χ0n) is 9.59. The van der Waals surface area contributed by atoms with Crippen LogP contribution in [-0.2, 0) is 4.79 Å². The Morgan fingerprint density at radius 1 is 1.31 bits per heavy atom. The maximum Gasteiger partial charge on any atom is 0.239 e. The lowest BCUT2D eigenvalue weighted by atomic mass is 9.93. The highest BCUT2D eigenvalue weighted by molar-refractivity contribution is 5.82. The normalized spacial score (nSPS) is 40.1. The van der Waals surface area contributed by atoms with Gasteiger partial charge in [0.15, 0.2) is 0 Å². The lowest BCUT2D eigenvalue weighted by Crippen LogP contribution is -2.49. The minimum atomic E-state index is -0.787. The predicted octanol–water partition coefficient (Wildman–Crippen LogP) is -1.06. The highest BCUT2D eigenvalue weighted by atomic mass is 16.3. The fourth-order valence-corrected chi connectivity index (χ4v) is 2.47. The van der Waals surface area contributed by atoms with Gasteiger partial charge < -0.3 is 20.4 Å². The summed E-state index contributed by atoms with van der Waals surface area (Å²) in [5, 5.41) is 22.0. The molecule has 0 bridgehead atoms. The SMILES string of the molecule is CC1CCNC(C(=O)N2C[C@@H](O)[C@@H](O)C2)C1. The molecule has 16 heavy (non-hydrogen) atoms. The first kappa shape index (κ1) is 11.8. The van der Waals surface area contributed by atoms with Gasteiger partial charge in [-0.1, -0.05) is 6.92 Å². The van der Waals surface area contributed by atoms with Crippen molar-refractivity contribution in [3.05, 3.63) is 0 Å². The summed E-state index contributed by atoms with van der Waals surface area (Å²) in [4.78, 5) is 13.6. The van der Waals surface area contributed by atoms with Gasteiger partial charge in [-0.3, -0.25) is 4.79 Å². The van der Waals surface area contributed by atoms with Crippen molar-refractivity contribution >= 4 is 5.91 Å². The Morgan fingerprint density at radius 3 is 2.50 bits per heavy atom. The molecule has 2 rings (SSSR count). The maximum atomic E-state index is 12.1. The Balaban J connectivity index is 1.92. The van der Waals surface area contributed by atoms with Crippen LogP contribution in [0.1, 0.15) is 19.8 Å². The Labute approximate surface area is 95.4 Å². The van der Waals surface area contributed by atoms with Crippen molar-refractivity contribution in [2.24, 2.45) is 5.92 Å². The van der Waals surface area contributed by atoms with Crippen LogP contribution in [0, 0.1) is 5.92 Å². The number of rotatable bonds is 1. The number of carbonyl (C=O) groups excluding carboxylic acids is 1. The first-order chi connectivity index (χ1) is 7.58. The van der Waals surface area contributed by atoms with Crippen molar-refractivity contribution in [3.63, 3.8) is 0 Å². The Hall–Kier alpha value is -0.650. The van der Waals surface area contributed by atoms with Crippen LogP contribution >= 0.6 is 0 Å². The molecule has 0 aliphatic carbocycles. The van der Waals surface area contributed by atoms with E-state index in [2.05, 4.69) is 12.2 Å². The molecule has 0 spiro atoms. The van der Waals surface area contributed by atoms with Crippen molar-refractivity contribution in [2.45, 2.75) is 38.0 Å². The van der Waals surface area contributed by atoms with Crippen LogP contribution in [0.4, 0.5) is 0 Å². The van der Waals surface area contributed by atoms with E-state index in [1.165, 1.54) is 0 Å². The van der Waals surface area contributed by atoms with Crippen molar-refractivity contribution in [1.82, 2.24) is 10.2 Å². The molecule has 4 atom stereocenters. The summed E-state index contributed by atoms with van der Waals surface area (Å²) in [7, 11) is 0. The van der Waals surface area contributed by atoms with Gasteiger partial charge in [0.25, 0.3) is 0 Å². The second-order valence-corrected chi connectivity index (χ2v) is 5.01. The number of hydrogen-bond acceptors (Lipinski definition) is 4. The number of amides is 1. The van der Waals surface area contributed by atoms with Gasteiger partial charge >= 0.3 is 0 Å². The van der Waals surface area contributed by atoms with Crippen LogP contribution in [0.2, 0.25) is 0 Å². The summed E-state index contributed by atoms with van der Waals surface area (Å²) < 4.78 is 0. The predicted molar refractivity (Wildman–Crippen MR) is 58.8 cm³/mol. The van der Waals surface area contributed by atoms with Crippen LogP contribution < -0.4 is 5.32 Å². The molecule has 92 valence electrons. The Morgan fingerprint density at radius 2 is 1.94 bits per heavy atom. The number of aliphatic hydroxyl groups is 2. The summed E-state index contributed by atoms with van der Waals surface area (Å²) in [6.45, 7) is 3.53. The maximum absolute atomic E-state index is 12.1. The number of nitrogens with one attached hydrogen (secondary N) is 1. The Bertz CT molecular complexity index is 255. The number of aliphatic hydroxyl groups excluding tert-OH is 2. The highest BCUT2D eigenvalue weighted by Gasteiger charge is 2.36. The smallest absolute Gasteiger partial charge is 0.239 e. The van der Waals surface area contributed by atoms with Gasteiger partial charge in [0.1, 0.15) is 0 Å². The van der Waals surface area contributed by atoms with Crippen molar-refractivity contribution in [3.8, 4) is 0 Å². The van der Waals surface area contributed by atoms with E-state index in [0.717, 1.165) is 19.4 Å². The number of carbonyl (C=O) groups is 1. The van der Waals surface area contributed by atoms with E-state index < -0.39 is 12.2 Å². The van der Waals surface area contributed by atoms with Crippen LogP contribution in [0.15, 0.2) is 0 Å². The topological polar surface area (TPSA) is 72.8 Å². The van der Waals surface area contributed by atoms with Gasteiger partial charge in [-0.25, -0.2) is 0 Å². The average Bonchev–Trinajstić information content (AvgIpc) is 2.58. The van der Waals surface area contributed by atoms with E-state index in [4.69, 9.17) is 0 Å². The van der Waals surface area contributed by atoms with E-state index in [1.54, 1.807) is 4.90 Å². The molecule has 0 aromatic heterocycles. The molecule has 2 unspecified atom stereocenters. The summed E-state index contributed by atoms with van der Waals surface area (Å²) in [6, 6.07) is -0.138. The largest absolute Gasteiger partial charge is 0.388 e. The summed E-state index contributed by atoms with van der Waals surface area (Å²) in [5.41, 5.74) is 0. The number of piperidine rings is 1. The second kappa shape index (κ2) is 4.69. The molecule has 2 aliphatic rings. The zero-order chi connectivity index (χ0) is 11.7. The molecule has 0 saturated carbocycles. The summed E-state index contributed by atoms with van der Waals surface area (Å²) >= 11 is 0. The molecular formula is C11H20N2O3. The first-order valence-electron chi connectivity index (χ1n) is 5.96. The molecule has 0 aromatic rings. The summed E-state index contributed by atoms with van der Waals surface area (Å²) in [6.07, 6.45) is 0.381. The minimum absolute atomic E-state index is 0.0159. The number of hydrogen-bond donors (Lipinski definition) is 3. The molecule has 0 radical (unpaired) electrons. The molecule has 2 saturated heterocycles. The monoisotopic (exact) mass is 228 g/mol. The van der Waals surface area contributed by atoms with E-state index in [-0.39, 0.29) is 25.0 Å². The molecule has 5 nitrogen and oxygen atoms in total. The van der Waals surface area contributed by atoms with Gasteiger partial charge in [-0.05, 0) is 25.3 Å². The molecule has 1 amide bonds. The van der Waals surface area contributed by atoms with Gasteiger partial charge in [-0.15, -0.1) is 0 Å². The third-order valence-corrected chi connectivity index (χ3v) is 3.53. The van der Waals surface area contributed by atoms with Gasteiger partial charge in [0, 0.05) is 13.1 Å². The quantitative estimate of drug-likeness (QED) is 0.535. The molecule has 2 fully saturated rings. The van der Waals surface area contributed by atoms with Crippen LogP contribution in [0.25, 0.3) is 0 Å². The van der Waals surface area contributed by atoms with Gasteiger partial charge in [0.2, 0.25) is 5.91 Å². The molecule has 3 N–H and O–H groups in total. The first-order valence-corrected chi connectivity index (χ1v) is 5.96. The standard InChI is InChI=1S/C11H20N2O3/c1-7-2-3-12-8(4-7)11(16)13-5-9(14)10(15)6-13/h7-10,12,14-15H,2-6H2,1H3/t7?,8?,9-,10+. The third kappa shape index (κ3) is 2.36. The third-order valence-electron chi connectivity index (χ3n) is 3.53. The molecule has 2 heterocycles. The molecule has 0 aromatic carbocycles. The van der Waals surface area contributed by atoms with E-state index in [0.29, 0.717) is 5.92 Å². The average molecular weight is 228 g/mol. The number of β-amino-alcohol motifs (C(OH)–C–C–N with tert-alkyl or cyclic N) is 2. The molecule has 2 aliphatic heterocycles. The Kier molecular flexibility index (Phi) is 3.47. The van der Waals surface area contributed by atoms with E-state index in [1.807, 2.05) is 0 Å². The van der Waals surface area contributed by atoms with Gasteiger partial charge in [-0.2, -0.15) is 0 Å². The van der Waals surface area contributed by atoms with Crippen LogP contribution in [0.5, 0.6) is 0 Å². The molecular weight excluding hydrogens is 208 g/mol.